The van der Waals surface area contributed by atoms with Gasteiger partial charge in [-0.05, 0) is 54.1 Å². The molecule has 0 spiro atoms. The van der Waals surface area contributed by atoms with Gasteiger partial charge >= 0.3 is 5.91 Å². The quantitative estimate of drug-likeness (QED) is 0.0938. The number of aliphatic hydroxyl groups excluding tert-OH is 1. The molecule has 1 N–H and O–H groups in total. The number of benzene rings is 3. The molecular formula is C26H15Cl2N3O7S2. The summed E-state index contributed by atoms with van der Waals surface area (Å²) in [6.07, 6.45) is 1.04. The maximum Gasteiger partial charge on any atom is 0.301 e. The van der Waals surface area contributed by atoms with Crippen molar-refractivity contribution < 1.29 is 28.0 Å². The van der Waals surface area contributed by atoms with Crippen LogP contribution in [0.2, 0.25) is 10.0 Å². The van der Waals surface area contributed by atoms with Crippen molar-refractivity contribution >= 4 is 72.6 Å². The van der Waals surface area contributed by atoms with Crippen LogP contribution in [0.25, 0.3) is 5.76 Å². The molecule has 0 unspecified atom stereocenters. The van der Waals surface area contributed by atoms with E-state index in [1.165, 1.54) is 24.3 Å². The van der Waals surface area contributed by atoms with Crippen molar-refractivity contribution in [2.75, 3.05) is 4.90 Å². The molecule has 1 aromatic heterocycles. The maximum atomic E-state index is 13.3. The molecular weight excluding hydrogens is 601 g/mol. The van der Waals surface area contributed by atoms with Crippen LogP contribution in [-0.2, 0) is 19.4 Å². The van der Waals surface area contributed by atoms with Gasteiger partial charge in [0.05, 0.1) is 27.6 Å². The Kier molecular flexibility index (Phi) is 7.19. The minimum atomic E-state index is -4.17. The zero-order chi connectivity index (χ0) is 28.8. The summed E-state index contributed by atoms with van der Waals surface area (Å²) in [7, 11) is -4.17. The van der Waals surface area contributed by atoms with Crippen LogP contribution in [0.5, 0.6) is 0 Å². The van der Waals surface area contributed by atoms with Gasteiger partial charge in [-0.15, -0.1) is 0 Å². The Morgan fingerprint density at radius 3 is 2.10 bits per heavy atom. The number of carbonyl (C=O) groups is 2. The summed E-state index contributed by atoms with van der Waals surface area (Å²) in [6.45, 7) is 0. The summed E-state index contributed by atoms with van der Waals surface area (Å²) in [5.74, 6) is -2.47. The van der Waals surface area contributed by atoms with Crippen molar-refractivity contribution in [3.8, 4) is 0 Å². The number of thiazole rings is 1. The topological polar surface area (TPSA) is 148 Å². The third-order valence-corrected chi connectivity index (χ3v) is 9.78. The molecule has 1 fully saturated rings. The number of halogens is 2. The highest BCUT2D eigenvalue weighted by Crippen LogP contribution is 2.44. The van der Waals surface area contributed by atoms with Crippen molar-refractivity contribution in [2.24, 2.45) is 0 Å². The summed E-state index contributed by atoms with van der Waals surface area (Å²) < 4.78 is 26.2. The molecule has 1 atom stereocenters. The van der Waals surface area contributed by atoms with Crippen LogP contribution >= 0.6 is 34.5 Å². The van der Waals surface area contributed by atoms with Crippen LogP contribution < -0.4 is 4.90 Å². The van der Waals surface area contributed by atoms with Crippen LogP contribution in [0.15, 0.2) is 93.7 Å². The van der Waals surface area contributed by atoms with E-state index in [4.69, 9.17) is 23.2 Å². The van der Waals surface area contributed by atoms with Crippen molar-refractivity contribution in [3.05, 3.63) is 116 Å². The molecule has 1 saturated heterocycles. The van der Waals surface area contributed by atoms with Gasteiger partial charge in [-0.2, -0.15) is 0 Å². The molecule has 202 valence electrons. The van der Waals surface area contributed by atoms with E-state index < -0.39 is 38.3 Å². The van der Waals surface area contributed by atoms with E-state index in [1.807, 2.05) is 0 Å². The molecule has 5 rings (SSSR count). The lowest BCUT2D eigenvalue weighted by Gasteiger charge is -2.23. The van der Waals surface area contributed by atoms with Crippen LogP contribution in [0.4, 0.5) is 10.8 Å². The Morgan fingerprint density at radius 2 is 1.52 bits per heavy atom. The largest absolute Gasteiger partial charge is 0.507 e. The molecule has 0 saturated carbocycles. The lowest BCUT2D eigenvalue weighted by molar-refractivity contribution is -0.384. The first kappa shape index (κ1) is 27.5. The predicted octanol–water partition coefficient (Wildman–Crippen LogP) is 5.82. The smallest absolute Gasteiger partial charge is 0.301 e. The second-order valence-electron chi connectivity index (χ2n) is 8.44. The lowest BCUT2D eigenvalue weighted by atomic mass is 9.95. The van der Waals surface area contributed by atoms with Gasteiger partial charge in [-0.3, -0.25) is 24.6 Å². The summed E-state index contributed by atoms with van der Waals surface area (Å²) in [5.41, 5.74) is 0.136. The highest BCUT2D eigenvalue weighted by molar-refractivity contribution is 7.93. The van der Waals surface area contributed by atoms with Crippen molar-refractivity contribution in [3.63, 3.8) is 0 Å². The van der Waals surface area contributed by atoms with Crippen molar-refractivity contribution in [2.45, 2.75) is 15.1 Å². The molecule has 14 heteroatoms. The molecule has 1 aliphatic heterocycles. The fourth-order valence-electron chi connectivity index (χ4n) is 4.10. The van der Waals surface area contributed by atoms with E-state index in [1.54, 1.807) is 24.3 Å². The Labute approximate surface area is 240 Å². The number of Topliss-reactive ketones (excluding diaryl/α,β-unsaturated/α-hetero) is 1. The van der Waals surface area contributed by atoms with Gasteiger partial charge in [0.15, 0.2) is 5.13 Å². The van der Waals surface area contributed by atoms with E-state index >= 15 is 0 Å². The summed E-state index contributed by atoms with van der Waals surface area (Å²) in [4.78, 5) is 41.8. The van der Waals surface area contributed by atoms with E-state index in [2.05, 4.69) is 4.98 Å². The molecule has 1 aliphatic rings. The predicted molar refractivity (Wildman–Crippen MR) is 148 cm³/mol. The van der Waals surface area contributed by atoms with E-state index in [0.717, 1.165) is 35.4 Å². The fraction of sp³-hybridized carbons (Fsp3) is 0.0385. The number of sulfone groups is 1. The number of non-ortho nitro benzene ring substituents is 1. The Balaban J connectivity index is 1.62. The summed E-state index contributed by atoms with van der Waals surface area (Å²) in [6, 6.07) is 15.4. The van der Waals surface area contributed by atoms with Crippen LogP contribution in [0.3, 0.4) is 0 Å². The van der Waals surface area contributed by atoms with Crippen LogP contribution in [-0.4, -0.2) is 35.1 Å². The summed E-state index contributed by atoms with van der Waals surface area (Å²) >= 11 is 12.6. The average molecular weight is 616 g/mol. The number of hydrogen-bond acceptors (Lipinski definition) is 9. The minimum Gasteiger partial charge on any atom is -0.507 e. The number of amides is 1. The Morgan fingerprint density at radius 1 is 0.950 bits per heavy atom. The number of aliphatic hydroxyl groups is 1. The molecule has 10 nitrogen and oxygen atoms in total. The molecule has 2 heterocycles. The van der Waals surface area contributed by atoms with E-state index in [0.29, 0.717) is 26.9 Å². The fourth-order valence-corrected chi connectivity index (χ4v) is 6.90. The number of anilines is 1. The van der Waals surface area contributed by atoms with Gasteiger partial charge in [0.2, 0.25) is 9.84 Å². The number of ketones is 1. The number of rotatable bonds is 6. The second-order valence-corrected chi connectivity index (χ2v) is 12.5. The number of nitro benzene ring substituents is 1. The first-order valence-corrected chi connectivity index (χ1v) is 14.3. The van der Waals surface area contributed by atoms with E-state index in [-0.39, 0.29) is 31.1 Å². The molecule has 3 aromatic carbocycles. The SMILES string of the molecule is O=C1C(=O)N(c2ncc(S(=O)(=O)c3ccc([N+](=O)[O-])cc3)s2)[C@H](c2ccc(Cl)cc2)C1=C(O)c1ccc(Cl)cc1. The molecule has 0 bridgehead atoms. The van der Waals surface area contributed by atoms with Crippen molar-refractivity contribution in [1.29, 1.82) is 0 Å². The third-order valence-electron chi connectivity index (χ3n) is 6.05. The molecule has 4 aromatic rings. The zero-order valence-corrected chi connectivity index (χ0v) is 23.0. The lowest BCUT2D eigenvalue weighted by Crippen LogP contribution is -2.29. The Hall–Kier alpha value is -4.10. The van der Waals surface area contributed by atoms with Gasteiger partial charge in [-0.25, -0.2) is 13.4 Å². The van der Waals surface area contributed by atoms with E-state index in [9.17, 15) is 33.2 Å². The normalized spacial score (nSPS) is 16.9. The minimum absolute atomic E-state index is 0.113. The monoisotopic (exact) mass is 615 g/mol. The molecule has 0 radical (unpaired) electrons. The van der Waals surface area contributed by atoms with Gasteiger partial charge in [0.25, 0.3) is 11.5 Å². The maximum absolute atomic E-state index is 13.3. The average Bonchev–Trinajstić information content (AvgIpc) is 3.53. The molecule has 40 heavy (non-hydrogen) atoms. The van der Waals surface area contributed by atoms with Gasteiger partial charge in [-0.1, -0.05) is 46.7 Å². The molecule has 1 amide bonds. The second kappa shape index (κ2) is 10.5. The van der Waals surface area contributed by atoms with Crippen molar-refractivity contribution in [1.82, 2.24) is 4.98 Å². The Bertz CT molecular complexity index is 1800. The number of hydrogen-bond donors (Lipinski definition) is 1. The number of nitrogens with zero attached hydrogens (tertiary/aromatic N) is 3. The third kappa shape index (κ3) is 4.86. The first-order valence-electron chi connectivity index (χ1n) is 11.3. The van der Waals surface area contributed by atoms with Gasteiger partial charge < -0.3 is 5.11 Å². The first-order chi connectivity index (χ1) is 19.0. The molecule has 0 aliphatic carbocycles. The van der Waals surface area contributed by atoms with Crippen LogP contribution in [0.1, 0.15) is 17.2 Å². The van der Waals surface area contributed by atoms with Gasteiger partial charge in [0.1, 0.15) is 9.97 Å². The number of nitro groups is 1. The standard InChI is InChI=1S/C26H15Cl2N3O7S2/c27-16-5-1-14(2-6-16)22-21(23(32)15-3-7-17(28)8-4-15)24(33)25(34)30(22)26-29-13-20(39-26)40(37,38)19-11-9-18(10-12-19)31(35)36/h1-13,22,32H/t22-/m1/s1. The highest BCUT2D eigenvalue weighted by atomic mass is 35.5. The number of carbonyl (C=O) groups excluding carboxylic acids is 2. The number of aromatic nitrogens is 1. The zero-order valence-electron chi connectivity index (χ0n) is 19.9. The van der Waals surface area contributed by atoms with Crippen LogP contribution in [0, 0.1) is 10.1 Å². The van der Waals surface area contributed by atoms with Gasteiger partial charge in [0, 0.05) is 27.7 Å². The summed E-state index contributed by atoms with van der Waals surface area (Å²) in [5, 5.41) is 22.8. The highest BCUT2D eigenvalue weighted by Gasteiger charge is 2.48.